The normalized spacial score (nSPS) is 12.2. The molecule has 0 spiro atoms. The maximum Gasteiger partial charge on any atom is 0.191 e. The molecule has 1 unspecified atom stereocenters. The van der Waals surface area contributed by atoms with Crippen LogP contribution in [-0.2, 0) is 0 Å². The Bertz CT molecular complexity index is 429. The smallest absolute Gasteiger partial charge is 0.191 e. The monoisotopic (exact) mass is 435 g/mol. The van der Waals surface area contributed by atoms with Crippen LogP contribution in [0, 0.1) is 0 Å². The van der Waals surface area contributed by atoms with Crippen molar-refractivity contribution in [1.29, 1.82) is 0 Å². The Balaban J connectivity index is 0.00000441. The first-order valence-electron chi connectivity index (χ1n) is 7.10. The number of aliphatic hydroxyl groups excluding tert-OH is 1. The number of aliphatic imine (C=N–C) groups is 1. The summed E-state index contributed by atoms with van der Waals surface area (Å²) in [6.45, 7) is 5.32. The summed E-state index contributed by atoms with van der Waals surface area (Å²) in [5.41, 5.74) is 1.13. The summed E-state index contributed by atoms with van der Waals surface area (Å²) in [7, 11) is 1.75. The summed E-state index contributed by atoms with van der Waals surface area (Å²) in [6, 6.07) is 10.0. The first kappa shape index (κ1) is 21.3. The number of hydrogen-bond acceptors (Lipinski definition) is 3. The van der Waals surface area contributed by atoms with Crippen LogP contribution in [0.1, 0.15) is 11.5 Å². The van der Waals surface area contributed by atoms with Crippen molar-refractivity contribution < 1.29 is 5.11 Å². The molecule has 0 aliphatic rings. The van der Waals surface area contributed by atoms with Crippen LogP contribution in [0.4, 0.5) is 0 Å². The van der Waals surface area contributed by atoms with E-state index in [2.05, 4.69) is 22.2 Å². The average molecular weight is 435 g/mol. The molecule has 4 nitrogen and oxygen atoms in total. The number of nitrogens with one attached hydrogen (secondary N) is 2. The molecule has 22 heavy (non-hydrogen) atoms. The summed E-state index contributed by atoms with van der Waals surface area (Å²) in [5.74, 6) is 2.81. The number of thioether (sulfide) groups is 1. The standard InChI is InChI=1S/C16H25N3OS.HI/c1-3-10-21-11-9-18-16(17-2)19-12-15(13-20)14-7-5-4-6-8-14;/h3-8,15,20H,1,9-13H2,2H3,(H2,17,18,19);1H. The lowest BCUT2D eigenvalue weighted by molar-refractivity contribution is 0.265. The molecule has 0 saturated heterocycles. The van der Waals surface area contributed by atoms with Gasteiger partial charge in [-0.15, -0.1) is 30.6 Å². The predicted octanol–water partition coefficient (Wildman–Crippen LogP) is 2.46. The van der Waals surface area contributed by atoms with Crippen LogP contribution in [0.3, 0.4) is 0 Å². The second kappa shape index (κ2) is 13.9. The summed E-state index contributed by atoms with van der Waals surface area (Å²) < 4.78 is 0. The molecule has 0 fully saturated rings. The average Bonchev–Trinajstić information content (AvgIpc) is 2.54. The number of nitrogens with zero attached hydrogens (tertiary/aromatic N) is 1. The van der Waals surface area contributed by atoms with E-state index in [9.17, 15) is 5.11 Å². The summed E-state index contributed by atoms with van der Waals surface area (Å²) in [6.07, 6.45) is 1.91. The van der Waals surface area contributed by atoms with Gasteiger partial charge in [0.15, 0.2) is 5.96 Å². The molecule has 3 N–H and O–H groups in total. The molecule has 0 saturated carbocycles. The van der Waals surface area contributed by atoms with E-state index in [1.807, 2.05) is 48.2 Å². The van der Waals surface area contributed by atoms with Crippen LogP contribution in [0.25, 0.3) is 0 Å². The van der Waals surface area contributed by atoms with Crippen LogP contribution in [-0.4, -0.2) is 49.3 Å². The van der Waals surface area contributed by atoms with Gasteiger partial charge in [0.1, 0.15) is 0 Å². The third kappa shape index (κ3) is 8.65. The van der Waals surface area contributed by atoms with E-state index in [-0.39, 0.29) is 36.5 Å². The van der Waals surface area contributed by atoms with E-state index in [1.165, 1.54) is 0 Å². The molecule has 0 bridgehead atoms. The molecule has 1 aromatic carbocycles. The highest BCUT2D eigenvalue weighted by Gasteiger charge is 2.10. The fourth-order valence-electron chi connectivity index (χ4n) is 1.86. The Hall–Kier alpha value is -0.730. The zero-order chi connectivity index (χ0) is 15.3. The van der Waals surface area contributed by atoms with Crippen LogP contribution in [0.5, 0.6) is 0 Å². The number of rotatable bonds is 9. The van der Waals surface area contributed by atoms with Gasteiger partial charge in [-0.2, -0.15) is 11.8 Å². The minimum atomic E-state index is 0. The molecular weight excluding hydrogens is 409 g/mol. The first-order chi connectivity index (χ1) is 10.3. The second-order valence-corrected chi connectivity index (χ2v) is 5.68. The van der Waals surface area contributed by atoms with Crippen molar-refractivity contribution in [2.45, 2.75) is 5.92 Å². The van der Waals surface area contributed by atoms with Gasteiger partial charge in [-0.25, -0.2) is 0 Å². The lowest BCUT2D eigenvalue weighted by atomic mass is 10.0. The summed E-state index contributed by atoms with van der Waals surface area (Å²) in [5, 5.41) is 16.0. The SMILES string of the molecule is C=CCSCCNC(=NC)NCC(CO)c1ccccc1.I. The molecule has 0 aliphatic carbocycles. The molecule has 0 amide bonds. The van der Waals surface area contributed by atoms with Gasteiger partial charge in [0.05, 0.1) is 6.61 Å². The Morgan fingerprint density at radius 1 is 1.36 bits per heavy atom. The lowest BCUT2D eigenvalue weighted by Gasteiger charge is -2.18. The van der Waals surface area contributed by atoms with Gasteiger partial charge >= 0.3 is 0 Å². The van der Waals surface area contributed by atoms with Gasteiger partial charge in [0.25, 0.3) is 0 Å². The predicted molar refractivity (Wildman–Crippen MR) is 109 cm³/mol. The molecule has 0 aliphatic heterocycles. The zero-order valence-corrected chi connectivity index (χ0v) is 16.1. The largest absolute Gasteiger partial charge is 0.396 e. The molecule has 0 heterocycles. The molecule has 1 atom stereocenters. The molecule has 1 rings (SSSR count). The van der Waals surface area contributed by atoms with E-state index in [0.717, 1.165) is 29.6 Å². The van der Waals surface area contributed by atoms with E-state index in [4.69, 9.17) is 0 Å². The fraction of sp³-hybridized carbons (Fsp3) is 0.438. The van der Waals surface area contributed by atoms with Crippen LogP contribution >= 0.6 is 35.7 Å². The van der Waals surface area contributed by atoms with Crippen LogP contribution < -0.4 is 10.6 Å². The number of aliphatic hydroxyl groups is 1. The van der Waals surface area contributed by atoms with Crippen molar-refractivity contribution in [3.8, 4) is 0 Å². The summed E-state index contributed by atoms with van der Waals surface area (Å²) in [4.78, 5) is 4.19. The van der Waals surface area contributed by atoms with Gasteiger partial charge in [0, 0.05) is 37.6 Å². The third-order valence-electron chi connectivity index (χ3n) is 3.01. The van der Waals surface area contributed by atoms with E-state index in [1.54, 1.807) is 7.05 Å². The van der Waals surface area contributed by atoms with Crippen molar-refractivity contribution >= 4 is 41.7 Å². The Morgan fingerprint density at radius 2 is 2.09 bits per heavy atom. The van der Waals surface area contributed by atoms with Crippen molar-refractivity contribution in [3.05, 3.63) is 48.6 Å². The van der Waals surface area contributed by atoms with Crippen LogP contribution in [0.2, 0.25) is 0 Å². The van der Waals surface area contributed by atoms with Crippen molar-refractivity contribution in [2.24, 2.45) is 4.99 Å². The molecule has 124 valence electrons. The van der Waals surface area contributed by atoms with Crippen molar-refractivity contribution in [2.75, 3.05) is 38.2 Å². The highest BCUT2D eigenvalue weighted by molar-refractivity contribution is 14.0. The highest BCUT2D eigenvalue weighted by atomic mass is 127. The zero-order valence-electron chi connectivity index (χ0n) is 13.0. The maximum absolute atomic E-state index is 9.53. The summed E-state index contributed by atoms with van der Waals surface area (Å²) >= 11 is 1.83. The minimum Gasteiger partial charge on any atom is -0.396 e. The highest BCUT2D eigenvalue weighted by Crippen LogP contribution is 2.13. The van der Waals surface area contributed by atoms with Crippen LogP contribution in [0.15, 0.2) is 48.0 Å². The lowest BCUT2D eigenvalue weighted by Crippen LogP contribution is -2.40. The quantitative estimate of drug-likeness (QED) is 0.183. The number of hydrogen-bond donors (Lipinski definition) is 3. The van der Waals surface area contributed by atoms with Gasteiger partial charge in [0.2, 0.25) is 0 Å². The Morgan fingerprint density at radius 3 is 2.68 bits per heavy atom. The van der Waals surface area contributed by atoms with Gasteiger partial charge < -0.3 is 15.7 Å². The van der Waals surface area contributed by atoms with E-state index < -0.39 is 0 Å². The second-order valence-electron chi connectivity index (χ2n) is 4.53. The molecule has 0 radical (unpaired) electrons. The molecule has 6 heteroatoms. The minimum absolute atomic E-state index is 0. The maximum atomic E-state index is 9.53. The van der Waals surface area contributed by atoms with E-state index in [0.29, 0.717) is 6.54 Å². The van der Waals surface area contributed by atoms with Gasteiger partial charge in [-0.3, -0.25) is 4.99 Å². The van der Waals surface area contributed by atoms with E-state index >= 15 is 0 Å². The first-order valence-corrected chi connectivity index (χ1v) is 8.26. The molecule has 1 aromatic rings. The topological polar surface area (TPSA) is 56.7 Å². The fourth-order valence-corrected chi connectivity index (χ4v) is 2.44. The van der Waals surface area contributed by atoms with Crippen molar-refractivity contribution in [1.82, 2.24) is 10.6 Å². The molecular formula is C16H26IN3OS. The number of guanidine groups is 1. The molecule has 0 aromatic heterocycles. The van der Waals surface area contributed by atoms with Crippen molar-refractivity contribution in [3.63, 3.8) is 0 Å². The number of benzene rings is 1. The third-order valence-corrected chi connectivity index (χ3v) is 3.97. The van der Waals surface area contributed by atoms with Gasteiger partial charge in [-0.05, 0) is 5.56 Å². The van der Waals surface area contributed by atoms with Gasteiger partial charge in [-0.1, -0.05) is 36.4 Å². The Kier molecular flexibility index (Phi) is 13.4. The Labute approximate surface area is 154 Å². The number of halogens is 1.